The molecule has 1 aliphatic heterocycles. The molecule has 1 saturated carbocycles. The summed E-state index contributed by atoms with van der Waals surface area (Å²) >= 11 is 0. The lowest BCUT2D eigenvalue weighted by molar-refractivity contribution is -0.140. The first kappa shape index (κ1) is 18.4. The molecule has 2 aliphatic rings. The Hall–Kier alpha value is -2.44. The number of amides is 4. The van der Waals surface area contributed by atoms with Gasteiger partial charge in [0.1, 0.15) is 17.9 Å². The summed E-state index contributed by atoms with van der Waals surface area (Å²) in [7, 11) is 1.53. The average molecular weight is 361 g/mol. The van der Waals surface area contributed by atoms with E-state index in [9.17, 15) is 18.8 Å². The molecule has 1 heterocycles. The van der Waals surface area contributed by atoms with Gasteiger partial charge < -0.3 is 10.2 Å². The van der Waals surface area contributed by atoms with Gasteiger partial charge in [-0.15, -0.1) is 0 Å². The molecule has 6 nitrogen and oxygen atoms in total. The maximum Gasteiger partial charge on any atom is 0.325 e. The van der Waals surface area contributed by atoms with Crippen LogP contribution in [-0.2, 0) is 16.1 Å². The molecule has 2 atom stereocenters. The Morgan fingerprint density at radius 1 is 1.35 bits per heavy atom. The first-order valence-electron chi connectivity index (χ1n) is 8.96. The summed E-state index contributed by atoms with van der Waals surface area (Å²) in [6, 6.07) is 5.70. The maximum atomic E-state index is 13.8. The normalized spacial score (nSPS) is 25.5. The Labute approximate surface area is 152 Å². The highest BCUT2D eigenvalue weighted by Gasteiger charge is 2.55. The van der Waals surface area contributed by atoms with Crippen molar-refractivity contribution >= 4 is 17.8 Å². The zero-order chi connectivity index (χ0) is 18.9. The minimum Gasteiger partial charge on any atom is -0.340 e. The van der Waals surface area contributed by atoms with Crippen molar-refractivity contribution in [1.29, 1.82) is 0 Å². The number of hydrogen-bond donors (Lipinski definition) is 1. The van der Waals surface area contributed by atoms with Crippen LogP contribution in [0.15, 0.2) is 24.3 Å². The molecule has 0 aromatic heterocycles. The molecule has 1 aromatic rings. The molecule has 0 unspecified atom stereocenters. The van der Waals surface area contributed by atoms with E-state index < -0.39 is 23.3 Å². The standard InChI is InChI=1S/C19H24FN3O3/c1-13-7-5-6-10-19(13)17(25)23(18(26)21-19)12-16(24)22(2)11-14-8-3-4-9-15(14)20/h3-4,8-9,13H,5-7,10-12H2,1-2H3,(H,21,26)/t13-,19+/m1/s1. The molecular formula is C19H24FN3O3. The second-order valence-corrected chi connectivity index (χ2v) is 7.28. The van der Waals surface area contributed by atoms with E-state index in [0.717, 1.165) is 24.2 Å². The van der Waals surface area contributed by atoms with Crippen LogP contribution in [0.4, 0.5) is 9.18 Å². The maximum absolute atomic E-state index is 13.8. The van der Waals surface area contributed by atoms with E-state index in [1.54, 1.807) is 18.2 Å². The lowest BCUT2D eigenvalue weighted by Gasteiger charge is -2.36. The number of hydrogen-bond acceptors (Lipinski definition) is 3. The third kappa shape index (κ3) is 3.18. The fraction of sp³-hybridized carbons (Fsp3) is 0.526. The minimum absolute atomic E-state index is 0.0453. The van der Waals surface area contributed by atoms with Crippen LogP contribution >= 0.6 is 0 Å². The smallest absolute Gasteiger partial charge is 0.325 e. The number of urea groups is 1. The quantitative estimate of drug-likeness (QED) is 0.837. The van der Waals surface area contributed by atoms with Gasteiger partial charge in [-0.1, -0.05) is 38.0 Å². The van der Waals surface area contributed by atoms with E-state index in [-0.39, 0.29) is 24.9 Å². The van der Waals surface area contributed by atoms with Gasteiger partial charge in [-0.05, 0) is 24.8 Å². The van der Waals surface area contributed by atoms with Crippen molar-refractivity contribution in [3.05, 3.63) is 35.6 Å². The van der Waals surface area contributed by atoms with Crippen LogP contribution in [0.3, 0.4) is 0 Å². The SMILES string of the molecule is C[C@@H]1CCCC[C@]12NC(=O)N(CC(=O)N(C)Cc1ccccc1F)C2=O. The van der Waals surface area contributed by atoms with Crippen LogP contribution in [0.25, 0.3) is 0 Å². The Morgan fingerprint density at radius 3 is 2.77 bits per heavy atom. The molecule has 0 radical (unpaired) electrons. The molecule has 4 amide bonds. The van der Waals surface area contributed by atoms with Crippen LogP contribution in [0.2, 0.25) is 0 Å². The van der Waals surface area contributed by atoms with Crippen LogP contribution in [0.5, 0.6) is 0 Å². The van der Waals surface area contributed by atoms with E-state index in [1.165, 1.54) is 18.0 Å². The number of nitrogens with zero attached hydrogens (tertiary/aromatic N) is 2. The zero-order valence-corrected chi connectivity index (χ0v) is 15.1. The van der Waals surface area contributed by atoms with Gasteiger partial charge in [-0.3, -0.25) is 14.5 Å². The van der Waals surface area contributed by atoms with E-state index in [4.69, 9.17) is 0 Å². The third-order valence-corrected chi connectivity index (χ3v) is 5.59. The second kappa shape index (κ2) is 7.05. The molecule has 26 heavy (non-hydrogen) atoms. The number of imide groups is 1. The van der Waals surface area contributed by atoms with Gasteiger partial charge in [-0.25, -0.2) is 9.18 Å². The van der Waals surface area contributed by atoms with Gasteiger partial charge in [0.05, 0.1) is 0 Å². The summed E-state index contributed by atoms with van der Waals surface area (Å²) in [6.45, 7) is 1.72. The minimum atomic E-state index is -0.875. The number of nitrogens with one attached hydrogen (secondary N) is 1. The van der Waals surface area contributed by atoms with Crippen LogP contribution < -0.4 is 5.32 Å². The van der Waals surface area contributed by atoms with Gasteiger partial charge in [0, 0.05) is 19.2 Å². The van der Waals surface area contributed by atoms with Gasteiger partial charge in [0.2, 0.25) is 5.91 Å². The summed E-state index contributed by atoms with van der Waals surface area (Å²) < 4.78 is 13.8. The van der Waals surface area contributed by atoms with Crippen molar-refractivity contribution < 1.29 is 18.8 Å². The number of carbonyl (C=O) groups is 3. The molecule has 1 aliphatic carbocycles. The van der Waals surface area contributed by atoms with Gasteiger partial charge in [0.15, 0.2) is 0 Å². The van der Waals surface area contributed by atoms with E-state index >= 15 is 0 Å². The number of benzene rings is 1. The Bertz CT molecular complexity index is 738. The van der Waals surface area contributed by atoms with Crippen molar-refractivity contribution in [2.24, 2.45) is 5.92 Å². The van der Waals surface area contributed by atoms with Crippen molar-refractivity contribution in [1.82, 2.24) is 15.1 Å². The molecule has 1 N–H and O–H groups in total. The Morgan fingerprint density at radius 2 is 2.08 bits per heavy atom. The highest BCUT2D eigenvalue weighted by molar-refractivity contribution is 6.09. The monoisotopic (exact) mass is 361 g/mol. The predicted molar refractivity (Wildman–Crippen MR) is 93.5 cm³/mol. The predicted octanol–water partition coefficient (Wildman–Crippen LogP) is 2.28. The van der Waals surface area contributed by atoms with Gasteiger partial charge in [-0.2, -0.15) is 0 Å². The molecule has 140 valence electrons. The lowest BCUT2D eigenvalue weighted by Crippen LogP contribution is -2.54. The fourth-order valence-corrected chi connectivity index (χ4v) is 3.87. The first-order valence-corrected chi connectivity index (χ1v) is 8.96. The largest absolute Gasteiger partial charge is 0.340 e. The molecule has 1 saturated heterocycles. The third-order valence-electron chi connectivity index (χ3n) is 5.59. The molecular weight excluding hydrogens is 337 g/mol. The molecule has 0 bridgehead atoms. The molecule has 1 spiro atoms. The topological polar surface area (TPSA) is 69.7 Å². The summed E-state index contributed by atoms with van der Waals surface area (Å²) in [5.41, 5.74) is -0.488. The van der Waals surface area contributed by atoms with E-state index in [1.807, 2.05) is 6.92 Å². The zero-order valence-electron chi connectivity index (χ0n) is 15.1. The van der Waals surface area contributed by atoms with Gasteiger partial charge in [0.25, 0.3) is 5.91 Å². The molecule has 3 rings (SSSR count). The molecule has 2 fully saturated rings. The first-order chi connectivity index (χ1) is 12.3. The van der Waals surface area contributed by atoms with Crippen molar-refractivity contribution in [3.8, 4) is 0 Å². The Kier molecular flexibility index (Phi) is 4.98. The lowest BCUT2D eigenvalue weighted by atomic mass is 9.73. The average Bonchev–Trinajstić information content (AvgIpc) is 2.84. The summed E-state index contributed by atoms with van der Waals surface area (Å²) in [5.74, 6) is -1.07. The van der Waals surface area contributed by atoms with E-state index in [2.05, 4.69) is 5.32 Å². The number of carbonyl (C=O) groups excluding carboxylic acids is 3. The highest BCUT2D eigenvalue weighted by Crippen LogP contribution is 2.38. The second-order valence-electron chi connectivity index (χ2n) is 7.28. The van der Waals surface area contributed by atoms with Crippen molar-refractivity contribution in [2.45, 2.75) is 44.7 Å². The van der Waals surface area contributed by atoms with E-state index in [0.29, 0.717) is 12.0 Å². The summed E-state index contributed by atoms with van der Waals surface area (Å²) in [6.07, 6.45) is 3.40. The van der Waals surface area contributed by atoms with Crippen molar-refractivity contribution in [2.75, 3.05) is 13.6 Å². The Balaban J connectivity index is 1.68. The molecule has 7 heteroatoms. The summed E-state index contributed by atoms with van der Waals surface area (Å²) in [4.78, 5) is 40.0. The summed E-state index contributed by atoms with van der Waals surface area (Å²) in [5, 5.41) is 2.83. The number of rotatable bonds is 4. The fourth-order valence-electron chi connectivity index (χ4n) is 3.87. The van der Waals surface area contributed by atoms with Crippen LogP contribution in [0, 0.1) is 11.7 Å². The van der Waals surface area contributed by atoms with Gasteiger partial charge >= 0.3 is 6.03 Å². The van der Waals surface area contributed by atoms with Crippen LogP contribution in [-0.4, -0.2) is 46.8 Å². The molecule has 1 aromatic carbocycles. The number of likely N-dealkylation sites (N-methyl/N-ethyl adjacent to an activating group) is 1. The van der Waals surface area contributed by atoms with Crippen LogP contribution in [0.1, 0.15) is 38.2 Å². The number of halogens is 1. The highest BCUT2D eigenvalue weighted by atomic mass is 19.1. The van der Waals surface area contributed by atoms with Crippen molar-refractivity contribution in [3.63, 3.8) is 0 Å².